The highest BCUT2D eigenvalue weighted by atomic mass is 19.1. The van der Waals surface area contributed by atoms with Crippen LogP contribution < -0.4 is 9.80 Å². The molecule has 4 nitrogen and oxygen atoms in total. The number of benzene rings is 2. The van der Waals surface area contributed by atoms with Crippen molar-refractivity contribution >= 4 is 17.1 Å². The van der Waals surface area contributed by atoms with Crippen LogP contribution in [0.3, 0.4) is 0 Å². The second kappa shape index (κ2) is 7.44. The molecule has 0 unspecified atom stereocenters. The number of piperazine rings is 1. The van der Waals surface area contributed by atoms with Crippen molar-refractivity contribution in [3.05, 3.63) is 53.6 Å². The molecule has 144 valence electrons. The summed E-state index contributed by atoms with van der Waals surface area (Å²) < 4.78 is 27.8. The van der Waals surface area contributed by atoms with E-state index in [9.17, 15) is 8.78 Å². The zero-order chi connectivity index (χ0) is 19.0. The van der Waals surface area contributed by atoms with Gasteiger partial charge >= 0.3 is 0 Å². The van der Waals surface area contributed by atoms with Gasteiger partial charge in [0.2, 0.25) is 0 Å². The van der Waals surface area contributed by atoms with Crippen LogP contribution in [0, 0.1) is 11.6 Å². The van der Waals surface area contributed by atoms with Gasteiger partial charge < -0.3 is 19.6 Å². The molecule has 6 heteroatoms. The van der Waals surface area contributed by atoms with Gasteiger partial charge in [-0.15, -0.1) is 0 Å². The van der Waals surface area contributed by atoms with E-state index in [4.69, 9.17) is 0 Å². The molecule has 0 aromatic heterocycles. The SMILES string of the molecule is CN1CCN(c2ccc3c(c2)CN(C)CCN3c2ccc(F)cc2F)CC1. The van der Waals surface area contributed by atoms with Crippen molar-refractivity contribution in [2.75, 3.05) is 63.2 Å². The lowest BCUT2D eigenvalue weighted by Gasteiger charge is -2.35. The van der Waals surface area contributed by atoms with Crippen LogP contribution in [0.2, 0.25) is 0 Å². The number of nitrogens with zero attached hydrogens (tertiary/aromatic N) is 4. The van der Waals surface area contributed by atoms with E-state index < -0.39 is 11.6 Å². The summed E-state index contributed by atoms with van der Waals surface area (Å²) in [6.45, 7) is 6.45. The molecular formula is C21H26F2N4. The summed E-state index contributed by atoms with van der Waals surface area (Å²) in [7, 11) is 4.23. The summed E-state index contributed by atoms with van der Waals surface area (Å²) in [6.07, 6.45) is 0. The van der Waals surface area contributed by atoms with Gasteiger partial charge in [0.05, 0.1) is 5.69 Å². The van der Waals surface area contributed by atoms with E-state index in [1.165, 1.54) is 23.4 Å². The predicted molar refractivity (Wildman–Crippen MR) is 106 cm³/mol. The summed E-state index contributed by atoms with van der Waals surface area (Å²) in [5, 5.41) is 0. The largest absolute Gasteiger partial charge is 0.369 e. The third-order valence-electron chi connectivity index (χ3n) is 5.57. The maximum absolute atomic E-state index is 14.5. The lowest BCUT2D eigenvalue weighted by atomic mass is 10.1. The molecule has 1 saturated heterocycles. The molecule has 0 amide bonds. The van der Waals surface area contributed by atoms with E-state index in [0.717, 1.165) is 51.0 Å². The monoisotopic (exact) mass is 372 g/mol. The Bertz CT molecular complexity index is 818. The topological polar surface area (TPSA) is 13.0 Å². The minimum atomic E-state index is -0.547. The van der Waals surface area contributed by atoms with Gasteiger partial charge in [-0.25, -0.2) is 8.78 Å². The molecule has 0 atom stereocenters. The first-order valence-corrected chi connectivity index (χ1v) is 9.49. The van der Waals surface area contributed by atoms with Crippen molar-refractivity contribution in [1.29, 1.82) is 0 Å². The summed E-state index contributed by atoms with van der Waals surface area (Å²) in [4.78, 5) is 8.97. The Labute approximate surface area is 159 Å². The van der Waals surface area contributed by atoms with Gasteiger partial charge in [0, 0.05) is 63.3 Å². The van der Waals surface area contributed by atoms with Crippen LogP contribution in [0.15, 0.2) is 36.4 Å². The zero-order valence-electron chi connectivity index (χ0n) is 16.0. The Morgan fingerprint density at radius 1 is 0.741 bits per heavy atom. The van der Waals surface area contributed by atoms with E-state index in [1.54, 1.807) is 0 Å². The molecule has 2 aromatic rings. The van der Waals surface area contributed by atoms with Crippen molar-refractivity contribution < 1.29 is 8.78 Å². The molecule has 1 fully saturated rings. The van der Waals surface area contributed by atoms with Gasteiger partial charge in [0.25, 0.3) is 0 Å². The maximum Gasteiger partial charge on any atom is 0.149 e. The van der Waals surface area contributed by atoms with Crippen LogP contribution >= 0.6 is 0 Å². The fourth-order valence-electron chi connectivity index (χ4n) is 3.93. The molecule has 27 heavy (non-hydrogen) atoms. The maximum atomic E-state index is 14.5. The Kier molecular flexibility index (Phi) is 5.02. The highest BCUT2D eigenvalue weighted by molar-refractivity contribution is 5.70. The second-order valence-corrected chi connectivity index (χ2v) is 7.59. The third-order valence-corrected chi connectivity index (χ3v) is 5.57. The number of anilines is 3. The van der Waals surface area contributed by atoms with Gasteiger partial charge in [-0.05, 0) is 50.0 Å². The fraction of sp³-hybridized carbons (Fsp3) is 0.429. The molecule has 0 aliphatic carbocycles. The Balaban J connectivity index is 1.70. The summed E-state index contributed by atoms with van der Waals surface area (Å²) >= 11 is 0. The molecule has 2 aliphatic heterocycles. The highest BCUT2D eigenvalue weighted by Gasteiger charge is 2.23. The number of likely N-dealkylation sites (N-methyl/N-ethyl adjacent to an activating group) is 2. The molecule has 0 spiro atoms. The van der Waals surface area contributed by atoms with Crippen molar-refractivity contribution in [2.45, 2.75) is 6.54 Å². The molecule has 2 aliphatic rings. The average molecular weight is 372 g/mol. The summed E-state index contributed by atoms with van der Waals surface area (Å²) in [6, 6.07) is 10.3. The molecule has 0 N–H and O–H groups in total. The van der Waals surface area contributed by atoms with Gasteiger partial charge in [-0.1, -0.05) is 0 Å². The fourth-order valence-corrected chi connectivity index (χ4v) is 3.93. The number of hydrogen-bond acceptors (Lipinski definition) is 4. The first kappa shape index (κ1) is 18.2. The second-order valence-electron chi connectivity index (χ2n) is 7.59. The Morgan fingerprint density at radius 3 is 2.19 bits per heavy atom. The Hall–Kier alpha value is -2.18. The van der Waals surface area contributed by atoms with Crippen LogP contribution in [0.4, 0.5) is 25.8 Å². The molecule has 0 saturated carbocycles. The van der Waals surface area contributed by atoms with E-state index in [2.05, 4.69) is 47.0 Å². The quantitative estimate of drug-likeness (QED) is 0.802. The predicted octanol–water partition coefficient (Wildman–Crippen LogP) is 3.30. The molecule has 4 rings (SSSR count). The van der Waals surface area contributed by atoms with Crippen LogP contribution in [0.5, 0.6) is 0 Å². The van der Waals surface area contributed by atoms with Crippen molar-refractivity contribution in [1.82, 2.24) is 9.80 Å². The van der Waals surface area contributed by atoms with E-state index in [0.29, 0.717) is 12.2 Å². The minimum Gasteiger partial charge on any atom is -0.369 e. The normalized spacial score (nSPS) is 19.1. The van der Waals surface area contributed by atoms with E-state index >= 15 is 0 Å². The first-order chi connectivity index (χ1) is 13.0. The van der Waals surface area contributed by atoms with Crippen LogP contribution in [-0.4, -0.2) is 63.2 Å². The lowest BCUT2D eigenvalue weighted by molar-refractivity contribution is 0.312. The lowest BCUT2D eigenvalue weighted by Crippen LogP contribution is -2.44. The van der Waals surface area contributed by atoms with Crippen LogP contribution in [0.25, 0.3) is 0 Å². The van der Waals surface area contributed by atoms with Crippen molar-refractivity contribution in [3.8, 4) is 0 Å². The van der Waals surface area contributed by atoms with Crippen molar-refractivity contribution in [2.24, 2.45) is 0 Å². The summed E-state index contributed by atoms with van der Waals surface area (Å²) in [5.41, 5.74) is 3.83. The number of hydrogen-bond donors (Lipinski definition) is 0. The standard InChI is InChI=1S/C21H26F2N4/c1-24-7-10-26(11-8-24)18-4-6-20-16(13-18)15-25(2)9-12-27(20)21-5-3-17(22)14-19(21)23/h3-6,13-14H,7-12,15H2,1-2H3. The van der Waals surface area contributed by atoms with E-state index in [1.807, 2.05) is 4.90 Å². The van der Waals surface area contributed by atoms with Gasteiger partial charge in [0.15, 0.2) is 0 Å². The smallest absolute Gasteiger partial charge is 0.149 e. The van der Waals surface area contributed by atoms with Crippen LogP contribution in [0.1, 0.15) is 5.56 Å². The zero-order valence-corrected chi connectivity index (χ0v) is 16.0. The number of fused-ring (bicyclic) bond motifs is 1. The average Bonchev–Trinajstić information content (AvgIpc) is 2.80. The van der Waals surface area contributed by atoms with Gasteiger partial charge in [-0.3, -0.25) is 0 Å². The third kappa shape index (κ3) is 3.77. The highest BCUT2D eigenvalue weighted by Crippen LogP contribution is 2.35. The Morgan fingerprint density at radius 2 is 1.44 bits per heavy atom. The van der Waals surface area contributed by atoms with Crippen molar-refractivity contribution in [3.63, 3.8) is 0 Å². The molecule has 2 heterocycles. The van der Waals surface area contributed by atoms with E-state index in [-0.39, 0.29) is 0 Å². The molecule has 0 bridgehead atoms. The van der Waals surface area contributed by atoms with Gasteiger partial charge in [-0.2, -0.15) is 0 Å². The minimum absolute atomic E-state index is 0.431. The number of halogens is 2. The molecular weight excluding hydrogens is 346 g/mol. The summed E-state index contributed by atoms with van der Waals surface area (Å²) in [5.74, 6) is -1.07. The molecule has 0 radical (unpaired) electrons. The molecule has 2 aromatic carbocycles. The van der Waals surface area contributed by atoms with Gasteiger partial charge in [0.1, 0.15) is 11.6 Å². The van der Waals surface area contributed by atoms with Crippen LogP contribution in [-0.2, 0) is 6.54 Å². The first-order valence-electron chi connectivity index (χ1n) is 9.49. The number of rotatable bonds is 2.